The Labute approximate surface area is 176 Å². The molecular weight excluding hydrogens is 416 g/mol. The quantitative estimate of drug-likeness (QED) is 0.496. The van der Waals surface area contributed by atoms with Gasteiger partial charge < -0.3 is 18.8 Å². The minimum Gasteiger partial charge on any atom is -0.486 e. The van der Waals surface area contributed by atoms with Crippen molar-refractivity contribution in [1.29, 1.82) is 0 Å². The number of aromatic nitrogens is 1. The summed E-state index contributed by atoms with van der Waals surface area (Å²) < 4.78 is 16.0. The van der Waals surface area contributed by atoms with Crippen LogP contribution in [0.25, 0.3) is 0 Å². The van der Waals surface area contributed by atoms with Gasteiger partial charge in [-0.3, -0.25) is 4.79 Å². The number of carbonyl (C=O) groups excluding carboxylic acids is 2. The summed E-state index contributed by atoms with van der Waals surface area (Å²) in [5.41, 5.74) is 0.533. The highest BCUT2D eigenvalue weighted by molar-refractivity contribution is 7.13. The first-order valence-corrected chi connectivity index (χ1v) is 9.90. The molecule has 152 valence electrons. The van der Waals surface area contributed by atoms with Gasteiger partial charge in [-0.05, 0) is 43.3 Å². The Morgan fingerprint density at radius 2 is 2.00 bits per heavy atom. The number of esters is 1. The number of halogens is 1. The lowest BCUT2D eigenvalue weighted by Crippen LogP contribution is -2.30. The summed E-state index contributed by atoms with van der Waals surface area (Å²) in [7, 11) is 1.61. The van der Waals surface area contributed by atoms with Crippen molar-refractivity contribution in [3.63, 3.8) is 0 Å². The zero-order valence-electron chi connectivity index (χ0n) is 15.9. The van der Waals surface area contributed by atoms with Gasteiger partial charge in [-0.2, -0.15) is 0 Å². The SMILES string of the molecule is Cc1nc(COc2ccc(Cl)cc2)sc1C(=O)OCC(=O)N(C)Cc1ccco1. The minimum atomic E-state index is -0.586. The molecule has 0 bridgehead atoms. The molecule has 0 aliphatic rings. The van der Waals surface area contributed by atoms with Crippen LogP contribution in [0.15, 0.2) is 47.1 Å². The third-order valence-corrected chi connectivity index (χ3v) is 5.29. The number of ether oxygens (including phenoxy) is 2. The second-order valence-electron chi connectivity index (χ2n) is 6.17. The topological polar surface area (TPSA) is 81.9 Å². The lowest BCUT2D eigenvalue weighted by Gasteiger charge is -2.15. The van der Waals surface area contributed by atoms with Crippen LogP contribution in [0.2, 0.25) is 5.02 Å². The molecule has 0 spiro atoms. The summed E-state index contributed by atoms with van der Waals surface area (Å²) in [6.07, 6.45) is 1.54. The van der Waals surface area contributed by atoms with E-state index in [0.29, 0.717) is 38.7 Å². The van der Waals surface area contributed by atoms with E-state index in [1.165, 1.54) is 22.5 Å². The first kappa shape index (κ1) is 20.9. The first-order valence-electron chi connectivity index (χ1n) is 8.70. The molecule has 0 radical (unpaired) electrons. The summed E-state index contributed by atoms with van der Waals surface area (Å²) in [6, 6.07) is 10.5. The minimum absolute atomic E-state index is 0.214. The van der Waals surface area contributed by atoms with Gasteiger partial charge in [0.15, 0.2) is 6.61 Å². The van der Waals surface area contributed by atoms with Crippen molar-refractivity contribution in [3.05, 3.63) is 69.0 Å². The number of nitrogens with zero attached hydrogens (tertiary/aromatic N) is 2. The van der Waals surface area contributed by atoms with Crippen molar-refractivity contribution in [2.24, 2.45) is 0 Å². The van der Waals surface area contributed by atoms with Crippen LogP contribution < -0.4 is 4.74 Å². The van der Waals surface area contributed by atoms with Crippen LogP contribution in [0.5, 0.6) is 5.75 Å². The molecule has 0 aliphatic heterocycles. The summed E-state index contributed by atoms with van der Waals surface area (Å²) in [4.78, 5) is 30.6. The number of furan rings is 1. The summed E-state index contributed by atoms with van der Waals surface area (Å²) >= 11 is 7.02. The maximum absolute atomic E-state index is 12.3. The second-order valence-corrected chi connectivity index (χ2v) is 7.69. The molecule has 0 saturated carbocycles. The molecular formula is C20H19ClN2O5S. The van der Waals surface area contributed by atoms with E-state index in [9.17, 15) is 9.59 Å². The van der Waals surface area contributed by atoms with Gasteiger partial charge in [-0.15, -0.1) is 11.3 Å². The lowest BCUT2D eigenvalue weighted by molar-refractivity contribution is -0.133. The van der Waals surface area contributed by atoms with Gasteiger partial charge in [0.1, 0.15) is 28.0 Å². The van der Waals surface area contributed by atoms with E-state index >= 15 is 0 Å². The van der Waals surface area contributed by atoms with Gasteiger partial charge in [0.25, 0.3) is 5.91 Å². The maximum atomic E-state index is 12.3. The zero-order chi connectivity index (χ0) is 20.8. The molecule has 0 saturated heterocycles. The van der Waals surface area contributed by atoms with Crippen molar-refractivity contribution in [1.82, 2.24) is 9.88 Å². The van der Waals surface area contributed by atoms with E-state index in [0.717, 1.165) is 0 Å². The van der Waals surface area contributed by atoms with Crippen LogP contribution in [0, 0.1) is 6.92 Å². The zero-order valence-corrected chi connectivity index (χ0v) is 17.5. The molecule has 1 amide bonds. The normalized spacial score (nSPS) is 10.6. The average Bonchev–Trinajstić information content (AvgIpc) is 3.34. The molecule has 0 N–H and O–H groups in total. The third kappa shape index (κ3) is 5.82. The number of amides is 1. The predicted octanol–water partition coefficient (Wildman–Crippen LogP) is 4.09. The van der Waals surface area contributed by atoms with Crippen molar-refractivity contribution in [3.8, 4) is 5.75 Å². The van der Waals surface area contributed by atoms with E-state index < -0.39 is 5.97 Å². The monoisotopic (exact) mass is 434 g/mol. The molecule has 0 fully saturated rings. The van der Waals surface area contributed by atoms with Crippen molar-refractivity contribution < 1.29 is 23.5 Å². The van der Waals surface area contributed by atoms with E-state index in [1.807, 2.05) is 0 Å². The molecule has 0 atom stereocenters. The Bertz CT molecular complexity index is 969. The number of rotatable bonds is 8. The molecule has 9 heteroatoms. The Morgan fingerprint density at radius 1 is 1.24 bits per heavy atom. The van der Waals surface area contributed by atoms with Crippen LogP contribution in [-0.2, 0) is 22.7 Å². The van der Waals surface area contributed by atoms with E-state index in [4.69, 9.17) is 25.5 Å². The number of thiazole rings is 1. The van der Waals surface area contributed by atoms with Gasteiger partial charge in [0.05, 0.1) is 18.5 Å². The highest BCUT2D eigenvalue weighted by atomic mass is 35.5. The molecule has 7 nitrogen and oxygen atoms in total. The smallest absolute Gasteiger partial charge is 0.350 e. The number of hydrogen-bond acceptors (Lipinski definition) is 7. The van der Waals surface area contributed by atoms with Crippen LogP contribution in [-0.4, -0.2) is 35.4 Å². The molecule has 2 aromatic heterocycles. The fraction of sp³-hybridized carbons (Fsp3) is 0.250. The number of hydrogen-bond donors (Lipinski definition) is 0. The number of aryl methyl sites for hydroxylation is 1. The average molecular weight is 435 g/mol. The summed E-state index contributed by atoms with van der Waals surface area (Å²) in [5, 5.41) is 1.25. The second kappa shape index (κ2) is 9.58. The maximum Gasteiger partial charge on any atom is 0.350 e. The van der Waals surface area contributed by atoms with Gasteiger partial charge in [-0.25, -0.2) is 9.78 Å². The van der Waals surface area contributed by atoms with Gasteiger partial charge in [-0.1, -0.05) is 11.6 Å². The fourth-order valence-corrected chi connectivity index (χ4v) is 3.40. The predicted molar refractivity (Wildman–Crippen MR) is 108 cm³/mol. The molecule has 0 unspecified atom stereocenters. The van der Waals surface area contributed by atoms with E-state index in [1.54, 1.807) is 50.4 Å². The highest BCUT2D eigenvalue weighted by Gasteiger charge is 2.19. The van der Waals surface area contributed by atoms with Crippen LogP contribution in [0.1, 0.15) is 26.1 Å². The molecule has 3 rings (SSSR count). The molecule has 29 heavy (non-hydrogen) atoms. The van der Waals surface area contributed by atoms with Crippen molar-refractivity contribution in [2.45, 2.75) is 20.1 Å². The van der Waals surface area contributed by atoms with Gasteiger partial charge in [0, 0.05) is 12.1 Å². The molecule has 0 aliphatic carbocycles. The third-order valence-electron chi connectivity index (χ3n) is 3.93. The summed E-state index contributed by atoms with van der Waals surface area (Å²) in [6.45, 7) is 1.87. The Morgan fingerprint density at radius 3 is 2.69 bits per heavy atom. The Balaban J connectivity index is 1.51. The number of benzene rings is 1. The van der Waals surface area contributed by atoms with Gasteiger partial charge >= 0.3 is 5.97 Å². The Hall–Kier alpha value is -2.84. The molecule has 3 aromatic rings. The first-order chi connectivity index (χ1) is 13.9. The number of carbonyl (C=O) groups is 2. The van der Waals surface area contributed by atoms with Gasteiger partial charge in [0.2, 0.25) is 0 Å². The van der Waals surface area contributed by atoms with E-state index in [-0.39, 0.29) is 19.1 Å². The summed E-state index contributed by atoms with van der Waals surface area (Å²) in [5.74, 6) is 0.382. The lowest BCUT2D eigenvalue weighted by atomic mass is 10.3. The van der Waals surface area contributed by atoms with E-state index in [2.05, 4.69) is 4.98 Å². The molecule has 2 heterocycles. The highest BCUT2D eigenvalue weighted by Crippen LogP contribution is 2.22. The fourth-order valence-electron chi connectivity index (χ4n) is 2.41. The standard InChI is InChI=1S/C20H19ClN2O5S/c1-13-19(29-17(22-13)11-27-15-7-5-14(21)6-8-15)20(25)28-12-18(24)23(2)10-16-4-3-9-26-16/h3-9H,10-12H2,1-2H3. The Kier molecular flexibility index (Phi) is 6.90. The van der Waals surface area contributed by atoms with Crippen LogP contribution in [0.3, 0.4) is 0 Å². The molecule has 1 aromatic carbocycles. The van der Waals surface area contributed by atoms with Crippen LogP contribution in [0.4, 0.5) is 0 Å². The van der Waals surface area contributed by atoms with Crippen molar-refractivity contribution >= 4 is 34.8 Å². The largest absolute Gasteiger partial charge is 0.486 e. The van der Waals surface area contributed by atoms with Crippen LogP contribution >= 0.6 is 22.9 Å². The number of likely N-dealkylation sites (N-methyl/N-ethyl adjacent to an activating group) is 1. The van der Waals surface area contributed by atoms with Crippen molar-refractivity contribution in [2.75, 3.05) is 13.7 Å².